The molecule has 0 unspecified atom stereocenters. The van der Waals surface area contributed by atoms with Crippen LogP contribution < -0.4 is 0 Å². The molecule has 0 aliphatic heterocycles. The molecule has 4 aromatic rings. The Morgan fingerprint density at radius 2 is 0.923 bits per heavy atom. The maximum atomic E-state index is 2.43. The first-order valence-corrected chi connectivity index (χ1v) is 9.47. The van der Waals surface area contributed by atoms with Crippen LogP contribution in [-0.4, -0.2) is 0 Å². The molecule has 2 aliphatic carbocycles. The highest BCUT2D eigenvalue weighted by atomic mass is 14.3. The second-order valence-electron chi connectivity index (χ2n) is 7.96. The zero-order chi connectivity index (χ0) is 17.4. The van der Waals surface area contributed by atoms with E-state index in [2.05, 4.69) is 74.5 Å². The van der Waals surface area contributed by atoms with Crippen LogP contribution in [0.2, 0.25) is 0 Å². The molecule has 4 aromatic carbocycles. The fourth-order valence-corrected chi connectivity index (χ4v) is 5.22. The van der Waals surface area contributed by atoms with Crippen molar-refractivity contribution in [1.29, 1.82) is 0 Å². The van der Waals surface area contributed by atoms with Gasteiger partial charge in [0.15, 0.2) is 0 Å². The summed E-state index contributed by atoms with van der Waals surface area (Å²) in [5, 5.41) is 8.67. The fraction of sp³-hybridized carbons (Fsp3) is 0.154. The lowest BCUT2D eigenvalue weighted by atomic mass is 9.76. The predicted molar refractivity (Wildman–Crippen MR) is 114 cm³/mol. The molecule has 0 N–H and O–H groups in total. The molecule has 124 valence electrons. The molecule has 0 heteroatoms. The van der Waals surface area contributed by atoms with E-state index < -0.39 is 0 Å². The van der Waals surface area contributed by atoms with Crippen LogP contribution in [0.1, 0.15) is 36.1 Å². The van der Waals surface area contributed by atoms with Crippen LogP contribution in [0.25, 0.3) is 44.5 Å². The summed E-state index contributed by atoms with van der Waals surface area (Å²) in [6.45, 7) is 4.55. The molecule has 0 bridgehead atoms. The van der Waals surface area contributed by atoms with Gasteiger partial charge < -0.3 is 0 Å². The Morgan fingerprint density at radius 1 is 0.538 bits per heavy atom. The molecule has 0 radical (unpaired) electrons. The Balaban J connectivity index is 2.03. The van der Waals surface area contributed by atoms with E-state index in [1.807, 2.05) is 0 Å². The Bertz CT molecular complexity index is 1220. The Kier molecular flexibility index (Phi) is 2.68. The summed E-state index contributed by atoms with van der Waals surface area (Å²) in [5.74, 6) is 0. The summed E-state index contributed by atoms with van der Waals surface area (Å²) in [7, 11) is 0. The third-order valence-corrected chi connectivity index (χ3v) is 6.17. The quantitative estimate of drug-likeness (QED) is 0.302. The highest BCUT2D eigenvalue weighted by Gasteiger charge is 2.25. The normalized spacial score (nSPS) is 15.5. The molecule has 0 saturated heterocycles. The second kappa shape index (κ2) is 4.86. The first-order valence-electron chi connectivity index (χ1n) is 9.47. The average molecular weight is 332 g/mol. The number of fused-ring (bicyclic) bond motifs is 6. The van der Waals surface area contributed by atoms with E-state index in [-0.39, 0.29) is 0 Å². The lowest BCUT2D eigenvalue weighted by molar-refractivity contribution is 1.16. The smallest absolute Gasteiger partial charge is 0.00540 e. The Morgan fingerprint density at radius 3 is 1.35 bits per heavy atom. The van der Waals surface area contributed by atoms with Gasteiger partial charge in [-0.3, -0.25) is 0 Å². The van der Waals surface area contributed by atoms with Gasteiger partial charge >= 0.3 is 0 Å². The number of rotatable bonds is 0. The van der Waals surface area contributed by atoms with Crippen molar-refractivity contribution in [2.75, 3.05) is 0 Å². The first-order chi connectivity index (χ1) is 12.7. The van der Waals surface area contributed by atoms with Crippen LogP contribution in [0.3, 0.4) is 0 Å². The fourth-order valence-electron chi connectivity index (χ4n) is 5.22. The second-order valence-corrected chi connectivity index (χ2v) is 7.96. The molecule has 6 rings (SSSR count). The maximum Gasteiger partial charge on any atom is -0.00540 e. The largest absolute Gasteiger partial charge is 0.0683 e. The van der Waals surface area contributed by atoms with E-state index in [9.17, 15) is 0 Å². The summed E-state index contributed by atoms with van der Waals surface area (Å²) in [5.41, 5.74) is 8.82. The molecule has 0 fully saturated rings. The molecule has 0 heterocycles. The van der Waals surface area contributed by atoms with Crippen LogP contribution >= 0.6 is 0 Å². The molecule has 0 amide bonds. The van der Waals surface area contributed by atoms with E-state index in [1.54, 1.807) is 0 Å². The lowest BCUT2D eigenvalue weighted by Crippen LogP contribution is -2.07. The summed E-state index contributed by atoms with van der Waals surface area (Å²) >= 11 is 0. The minimum absolute atomic E-state index is 1.06. The van der Waals surface area contributed by atoms with E-state index in [0.29, 0.717) is 0 Å². The third-order valence-electron chi connectivity index (χ3n) is 6.17. The van der Waals surface area contributed by atoms with Crippen molar-refractivity contribution in [1.82, 2.24) is 0 Å². The highest BCUT2D eigenvalue weighted by molar-refractivity contribution is 6.21. The van der Waals surface area contributed by atoms with E-state index in [1.165, 1.54) is 65.7 Å². The van der Waals surface area contributed by atoms with Crippen molar-refractivity contribution in [2.45, 2.75) is 26.7 Å². The van der Waals surface area contributed by atoms with Gasteiger partial charge in [-0.25, -0.2) is 0 Å². The van der Waals surface area contributed by atoms with Gasteiger partial charge in [-0.05, 0) is 81.3 Å². The standard InChI is InChI=1S/C26H20/c1-15-11-21-17-7-3-5-9-19(17)23-13-16(2)14-24-20-10-6-4-8-18(20)22(12-15)25(21)26(23)24/h3-11,14H,12-13H2,1-2H3. The molecule has 0 saturated carbocycles. The molecular weight excluding hydrogens is 312 g/mol. The molecule has 26 heavy (non-hydrogen) atoms. The predicted octanol–water partition coefficient (Wildman–Crippen LogP) is 7.07. The zero-order valence-corrected chi connectivity index (χ0v) is 15.2. The van der Waals surface area contributed by atoms with Crippen molar-refractivity contribution in [3.05, 3.63) is 81.9 Å². The van der Waals surface area contributed by atoms with E-state index in [0.717, 1.165) is 12.8 Å². The van der Waals surface area contributed by atoms with Crippen molar-refractivity contribution in [2.24, 2.45) is 0 Å². The van der Waals surface area contributed by atoms with Crippen molar-refractivity contribution in [3.63, 3.8) is 0 Å². The first kappa shape index (κ1) is 14.3. The van der Waals surface area contributed by atoms with Gasteiger partial charge in [-0.1, -0.05) is 71.8 Å². The molecule has 0 atom stereocenters. The summed E-state index contributed by atoms with van der Waals surface area (Å²) in [6, 6.07) is 18.0. The van der Waals surface area contributed by atoms with Crippen LogP contribution in [0.5, 0.6) is 0 Å². The molecule has 2 aliphatic rings. The minimum Gasteiger partial charge on any atom is -0.0683 e. The van der Waals surface area contributed by atoms with Gasteiger partial charge in [0.1, 0.15) is 0 Å². The van der Waals surface area contributed by atoms with Gasteiger partial charge in [0.2, 0.25) is 0 Å². The molecule has 0 spiro atoms. The molecule has 0 nitrogen and oxygen atoms in total. The van der Waals surface area contributed by atoms with Gasteiger partial charge in [0.25, 0.3) is 0 Å². The van der Waals surface area contributed by atoms with Gasteiger partial charge in [0.05, 0.1) is 0 Å². The van der Waals surface area contributed by atoms with E-state index in [4.69, 9.17) is 0 Å². The minimum atomic E-state index is 1.06. The zero-order valence-electron chi connectivity index (χ0n) is 15.2. The average Bonchev–Trinajstić information content (AvgIpc) is 2.67. The van der Waals surface area contributed by atoms with Crippen LogP contribution in [0, 0.1) is 0 Å². The van der Waals surface area contributed by atoms with Crippen molar-refractivity contribution in [3.8, 4) is 0 Å². The van der Waals surface area contributed by atoms with Gasteiger partial charge in [-0.15, -0.1) is 0 Å². The van der Waals surface area contributed by atoms with Crippen LogP contribution in [0.4, 0.5) is 0 Å². The SMILES string of the molecule is CC1=Cc2c3ccccc3c3c4c(c5ccccc5c(c24)C1)C=C(C)C3. The third kappa shape index (κ3) is 1.69. The Labute approximate surface area is 153 Å². The molecule has 0 aromatic heterocycles. The molecular formula is C26H20. The number of hydrogen-bond donors (Lipinski definition) is 0. The van der Waals surface area contributed by atoms with Gasteiger partial charge in [-0.2, -0.15) is 0 Å². The Hall–Kier alpha value is -2.86. The van der Waals surface area contributed by atoms with Gasteiger partial charge in [0, 0.05) is 0 Å². The highest BCUT2D eigenvalue weighted by Crippen LogP contribution is 2.47. The number of allylic oxidation sites excluding steroid dienone is 2. The van der Waals surface area contributed by atoms with Crippen LogP contribution in [-0.2, 0) is 12.8 Å². The number of benzene rings is 4. The summed E-state index contributed by atoms with van der Waals surface area (Å²) in [6.07, 6.45) is 6.98. The number of hydrogen-bond acceptors (Lipinski definition) is 0. The maximum absolute atomic E-state index is 2.43. The summed E-state index contributed by atoms with van der Waals surface area (Å²) < 4.78 is 0. The monoisotopic (exact) mass is 332 g/mol. The topological polar surface area (TPSA) is 0 Å². The van der Waals surface area contributed by atoms with Crippen molar-refractivity contribution >= 4 is 44.5 Å². The lowest BCUT2D eigenvalue weighted by Gasteiger charge is -2.27. The van der Waals surface area contributed by atoms with Crippen molar-refractivity contribution < 1.29 is 0 Å². The van der Waals surface area contributed by atoms with Crippen LogP contribution in [0.15, 0.2) is 59.7 Å². The summed E-state index contributed by atoms with van der Waals surface area (Å²) in [4.78, 5) is 0. The van der Waals surface area contributed by atoms with E-state index >= 15 is 0 Å².